The number of amides is 1. The number of halogens is 3. The second-order valence-corrected chi connectivity index (χ2v) is 10.3. The van der Waals surface area contributed by atoms with Gasteiger partial charge >= 0.3 is 0 Å². The summed E-state index contributed by atoms with van der Waals surface area (Å²) in [6.45, 7) is 7.72. The van der Waals surface area contributed by atoms with Crippen LogP contribution in [0.15, 0.2) is 24.3 Å². The van der Waals surface area contributed by atoms with E-state index in [-0.39, 0.29) is 17.5 Å². The maximum atomic E-state index is 14.9. The molecule has 3 atom stereocenters. The summed E-state index contributed by atoms with van der Waals surface area (Å²) in [6, 6.07) is 4.93. The van der Waals surface area contributed by atoms with Gasteiger partial charge < -0.3 is 20.1 Å². The molecule has 3 heterocycles. The Morgan fingerprint density at radius 2 is 2.03 bits per heavy atom. The predicted octanol–water partition coefficient (Wildman–Crippen LogP) is 5.34. The lowest BCUT2D eigenvalue weighted by atomic mass is 9.79. The smallest absolute Gasteiger partial charge is 0.266 e. The summed E-state index contributed by atoms with van der Waals surface area (Å²) >= 11 is 0. The van der Waals surface area contributed by atoms with E-state index in [1.165, 1.54) is 19.1 Å². The molecule has 202 valence electrons. The highest BCUT2D eigenvalue weighted by Gasteiger charge is 2.42. The first-order valence-electron chi connectivity index (χ1n) is 12.8. The normalized spacial score (nSPS) is 21.9. The molecule has 1 fully saturated rings. The predicted molar refractivity (Wildman–Crippen MR) is 137 cm³/mol. The van der Waals surface area contributed by atoms with Crippen molar-refractivity contribution in [3.05, 3.63) is 58.2 Å². The zero-order valence-corrected chi connectivity index (χ0v) is 21.8. The molecule has 2 aliphatic heterocycles. The van der Waals surface area contributed by atoms with Crippen molar-refractivity contribution in [2.24, 2.45) is 0 Å². The van der Waals surface area contributed by atoms with Gasteiger partial charge in [-0.05, 0) is 33.3 Å². The van der Waals surface area contributed by atoms with Gasteiger partial charge in [0.1, 0.15) is 23.2 Å². The molecule has 0 aliphatic carbocycles. The van der Waals surface area contributed by atoms with Crippen molar-refractivity contribution in [2.75, 3.05) is 18.5 Å². The molecule has 1 amide bonds. The van der Waals surface area contributed by atoms with Crippen molar-refractivity contribution in [3.63, 3.8) is 0 Å². The third-order valence-electron chi connectivity index (χ3n) is 7.70. The van der Waals surface area contributed by atoms with Gasteiger partial charge in [0.2, 0.25) is 5.91 Å². The van der Waals surface area contributed by atoms with Crippen LogP contribution >= 0.6 is 0 Å². The van der Waals surface area contributed by atoms with Gasteiger partial charge in [0.05, 0.1) is 29.3 Å². The van der Waals surface area contributed by atoms with E-state index in [0.29, 0.717) is 66.3 Å². The number of aliphatic hydroxyl groups is 1. The van der Waals surface area contributed by atoms with Gasteiger partial charge in [0.25, 0.3) is 6.43 Å². The molecule has 2 aliphatic rings. The summed E-state index contributed by atoms with van der Waals surface area (Å²) in [7, 11) is 0. The molecule has 38 heavy (non-hydrogen) atoms. The molecule has 2 aromatic carbocycles. The Bertz CT molecular complexity index is 1420. The first kappa shape index (κ1) is 26.2. The first-order valence-corrected chi connectivity index (χ1v) is 12.8. The van der Waals surface area contributed by atoms with Gasteiger partial charge in [0, 0.05) is 54.4 Å². The number of carbonyl (C=O) groups excluding carboxylic acids is 1. The second-order valence-electron chi connectivity index (χ2n) is 10.3. The van der Waals surface area contributed by atoms with E-state index in [1.54, 1.807) is 18.7 Å². The maximum Gasteiger partial charge on any atom is 0.266 e. The molecular formula is C28H31F3N4O3. The molecule has 0 saturated carbocycles. The number of fused-ring (bicyclic) bond motifs is 3. The van der Waals surface area contributed by atoms with E-state index in [1.807, 2.05) is 13.0 Å². The minimum absolute atomic E-state index is 0.0352. The fourth-order valence-electron chi connectivity index (χ4n) is 5.83. The van der Waals surface area contributed by atoms with Gasteiger partial charge in [0.15, 0.2) is 0 Å². The van der Waals surface area contributed by atoms with Crippen LogP contribution in [0, 0.1) is 12.7 Å². The number of nitrogens with one attached hydrogen (secondary N) is 1. The standard InChI is InChI=1S/C28H31F3N4O3/c1-14-13-28(37,9-10-35(14)17(4)36)22-12-21-24(20-8-11-38-25(20)22)33-16(3)34-27(21)32-15(2)18-6-5-7-19(23(18)29)26(30)31/h5-7,12,14-15,26,37H,8-11,13H2,1-4H3,(H,32,33,34)/t14-,15-,28-/m1/s1. The van der Waals surface area contributed by atoms with E-state index < -0.39 is 29.4 Å². The maximum absolute atomic E-state index is 14.9. The van der Waals surface area contributed by atoms with Crippen LogP contribution in [0.1, 0.15) is 74.2 Å². The number of likely N-dealkylation sites (tertiary alicyclic amines) is 1. The average Bonchev–Trinajstić information content (AvgIpc) is 3.33. The summed E-state index contributed by atoms with van der Waals surface area (Å²) in [5, 5.41) is 15.7. The third kappa shape index (κ3) is 4.44. The van der Waals surface area contributed by atoms with Crippen molar-refractivity contribution in [3.8, 4) is 5.75 Å². The molecule has 0 radical (unpaired) electrons. The molecule has 10 heteroatoms. The van der Waals surface area contributed by atoms with Crippen molar-refractivity contribution >= 4 is 22.6 Å². The van der Waals surface area contributed by atoms with Crippen LogP contribution in [0.4, 0.5) is 19.0 Å². The molecule has 2 N–H and O–H groups in total. The quantitative estimate of drug-likeness (QED) is 0.465. The Morgan fingerprint density at radius 3 is 2.71 bits per heavy atom. The van der Waals surface area contributed by atoms with Crippen LogP contribution in [-0.2, 0) is 16.8 Å². The molecule has 0 spiro atoms. The SMILES string of the molecule is CC(=O)N1CC[C@](O)(c2cc3c(N[C@H](C)c4cccc(C(F)F)c4F)nc(C)nc3c3c2OCC3)C[C@H]1C. The van der Waals surface area contributed by atoms with Gasteiger partial charge in [-0.3, -0.25) is 4.79 Å². The highest BCUT2D eigenvalue weighted by Crippen LogP contribution is 2.47. The van der Waals surface area contributed by atoms with Gasteiger partial charge in [-0.2, -0.15) is 0 Å². The minimum atomic E-state index is -2.92. The van der Waals surface area contributed by atoms with E-state index in [4.69, 9.17) is 4.74 Å². The number of aryl methyl sites for hydroxylation is 1. The zero-order valence-electron chi connectivity index (χ0n) is 21.8. The lowest BCUT2D eigenvalue weighted by Crippen LogP contribution is -2.49. The summed E-state index contributed by atoms with van der Waals surface area (Å²) < 4.78 is 47.5. The summed E-state index contributed by atoms with van der Waals surface area (Å²) in [4.78, 5) is 23.0. The number of alkyl halides is 2. The molecular weight excluding hydrogens is 497 g/mol. The summed E-state index contributed by atoms with van der Waals surface area (Å²) in [6.07, 6.45) is -1.64. The number of hydrogen-bond acceptors (Lipinski definition) is 6. The number of anilines is 1. The Labute approximate surface area is 219 Å². The summed E-state index contributed by atoms with van der Waals surface area (Å²) in [5.74, 6) is 0.518. The van der Waals surface area contributed by atoms with Crippen molar-refractivity contribution in [2.45, 2.75) is 71.1 Å². The Hall–Kier alpha value is -3.40. The Morgan fingerprint density at radius 1 is 1.29 bits per heavy atom. The van der Waals surface area contributed by atoms with E-state index in [2.05, 4.69) is 15.3 Å². The van der Waals surface area contributed by atoms with Gasteiger partial charge in [-0.15, -0.1) is 0 Å². The molecule has 0 unspecified atom stereocenters. The fourth-order valence-corrected chi connectivity index (χ4v) is 5.83. The summed E-state index contributed by atoms with van der Waals surface area (Å²) in [5.41, 5.74) is 0.357. The van der Waals surface area contributed by atoms with Gasteiger partial charge in [-0.25, -0.2) is 23.1 Å². The monoisotopic (exact) mass is 528 g/mol. The van der Waals surface area contributed by atoms with Crippen LogP contribution in [0.2, 0.25) is 0 Å². The van der Waals surface area contributed by atoms with Gasteiger partial charge in [-0.1, -0.05) is 18.2 Å². The van der Waals surface area contributed by atoms with E-state index >= 15 is 0 Å². The number of piperidine rings is 1. The topological polar surface area (TPSA) is 87.6 Å². The van der Waals surface area contributed by atoms with Crippen molar-refractivity contribution < 1.29 is 27.8 Å². The van der Waals surface area contributed by atoms with Crippen LogP contribution in [-0.4, -0.2) is 45.1 Å². The fraction of sp³-hybridized carbons (Fsp3) is 0.464. The van der Waals surface area contributed by atoms with E-state index in [0.717, 1.165) is 11.6 Å². The molecule has 5 rings (SSSR count). The lowest BCUT2D eigenvalue weighted by molar-refractivity contribution is -0.137. The van der Waals surface area contributed by atoms with Crippen LogP contribution < -0.4 is 10.1 Å². The van der Waals surface area contributed by atoms with Crippen molar-refractivity contribution in [1.29, 1.82) is 0 Å². The molecule has 1 aromatic heterocycles. The molecule has 1 saturated heterocycles. The number of benzene rings is 2. The van der Waals surface area contributed by atoms with Crippen LogP contribution in [0.3, 0.4) is 0 Å². The van der Waals surface area contributed by atoms with Crippen molar-refractivity contribution in [1.82, 2.24) is 14.9 Å². The minimum Gasteiger partial charge on any atom is -0.492 e. The number of carbonyl (C=O) groups is 1. The first-order chi connectivity index (χ1) is 18.0. The number of aromatic nitrogens is 2. The Kier molecular flexibility index (Phi) is 6.71. The number of ether oxygens (including phenoxy) is 1. The highest BCUT2D eigenvalue weighted by atomic mass is 19.3. The second kappa shape index (κ2) is 9.72. The number of nitrogens with zero attached hydrogens (tertiary/aromatic N) is 3. The van der Waals surface area contributed by atoms with Crippen LogP contribution in [0.5, 0.6) is 5.75 Å². The van der Waals surface area contributed by atoms with E-state index in [9.17, 15) is 23.1 Å². The molecule has 0 bridgehead atoms. The number of rotatable bonds is 5. The average molecular weight is 529 g/mol. The largest absolute Gasteiger partial charge is 0.492 e. The lowest BCUT2D eigenvalue weighted by Gasteiger charge is -2.43. The zero-order chi connectivity index (χ0) is 27.4. The highest BCUT2D eigenvalue weighted by molar-refractivity contribution is 5.94. The molecule has 3 aromatic rings. The third-order valence-corrected chi connectivity index (χ3v) is 7.70. The molecule has 7 nitrogen and oxygen atoms in total. The number of hydrogen-bond donors (Lipinski definition) is 2. The van der Waals surface area contributed by atoms with Crippen LogP contribution in [0.25, 0.3) is 10.9 Å². The Balaban J connectivity index is 1.60.